The van der Waals surface area contributed by atoms with Crippen LogP contribution < -0.4 is 0 Å². The van der Waals surface area contributed by atoms with Gasteiger partial charge < -0.3 is 10.2 Å². The van der Waals surface area contributed by atoms with E-state index in [0.29, 0.717) is 12.8 Å². The van der Waals surface area contributed by atoms with Gasteiger partial charge in [0.1, 0.15) is 0 Å². The Hall–Kier alpha value is -0.860. The number of aryl methyl sites for hydroxylation is 2. The standard InChI is InChI=1S/C12H18O2/c1-9-5-6-11(8-10(9)2)12(14)4-3-7-13/h5-6,8,12-14H,3-4,7H2,1-2H3. The zero-order valence-corrected chi connectivity index (χ0v) is 8.83. The minimum Gasteiger partial charge on any atom is -0.396 e. The van der Waals surface area contributed by atoms with Gasteiger partial charge in [0.15, 0.2) is 0 Å². The Labute approximate surface area is 85.2 Å². The van der Waals surface area contributed by atoms with Crippen LogP contribution in [0.5, 0.6) is 0 Å². The van der Waals surface area contributed by atoms with Gasteiger partial charge in [-0.05, 0) is 43.4 Å². The molecule has 0 saturated heterocycles. The summed E-state index contributed by atoms with van der Waals surface area (Å²) in [5.41, 5.74) is 3.38. The predicted octanol–water partition coefficient (Wildman–Crippen LogP) is 2.11. The van der Waals surface area contributed by atoms with Crippen LogP contribution >= 0.6 is 0 Å². The lowest BCUT2D eigenvalue weighted by molar-refractivity contribution is 0.152. The van der Waals surface area contributed by atoms with Gasteiger partial charge in [-0.1, -0.05) is 18.2 Å². The quantitative estimate of drug-likeness (QED) is 0.770. The minimum absolute atomic E-state index is 0.141. The Morgan fingerprint density at radius 3 is 2.50 bits per heavy atom. The molecule has 0 amide bonds. The summed E-state index contributed by atoms with van der Waals surface area (Å²) in [5, 5.41) is 18.4. The van der Waals surface area contributed by atoms with Crippen molar-refractivity contribution in [1.29, 1.82) is 0 Å². The molecular weight excluding hydrogens is 176 g/mol. The molecule has 2 nitrogen and oxygen atoms in total. The zero-order chi connectivity index (χ0) is 10.6. The summed E-state index contributed by atoms with van der Waals surface area (Å²) in [7, 11) is 0. The summed E-state index contributed by atoms with van der Waals surface area (Å²) in [5.74, 6) is 0. The third kappa shape index (κ3) is 2.82. The first kappa shape index (κ1) is 11.2. The molecule has 1 atom stereocenters. The van der Waals surface area contributed by atoms with Gasteiger partial charge in [-0.2, -0.15) is 0 Å². The molecule has 1 unspecified atom stereocenters. The summed E-state index contributed by atoms with van der Waals surface area (Å²) in [4.78, 5) is 0. The smallest absolute Gasteiger partial charge is 0.0791 e. The van der Waals surface area contributed by atoms with E-state index in [-0.39, 0.29) is 6.61 Å². The molecule has 0 bridgehead atoms. The van der Waals surface area contributed by atoms with Gasteiger partial charge in [0.2, 0.25) is 0 Å². The van der Waals surface area contributed by atoms with Crippen LogP contribution in [0.4, 0.5) is 0 Å². The van der Waals surface area contributed by atoms with Gasteiger partial charge >= 0.3 is 0 Å². The Bertz CT molecular complexity index is 294. The van der Waals surface area contributed by atoms with Crippen molar-refractivity contribution >= 4 is 0 Å². The van der Waals surface area contributed by atoms with E-state index in [1.54, 1.807) is 0 Å². The highest BCUT2D eigenvalue weighted by atomic mass is 16.3. The highest BCUT2D eigenvalue weighted by Gasteiger charge is 2.07. The lowest BCUT2D eigenvalue weighted by Gasteiger charge is -2.11. The van der Waals surface area contributed by atoms with Gasteiger partial charge in [0, 0.05) is 6.61 Å². The first-order valence-corrected chi connectivity index (χ1v) is 5.01. The van der Waals surface area contributed by atoms with Crippen molar-refractivity contribution in [2.24, 2.45) is 0 Å². The van der Waals surface area contributed by atoms with Crippen molar-refractivity contribution < 1.29 is 10.2 Å². The van der Waals surface area contributed by atoms with Crippen LogP contribution in [-0.2, 0) is 0 Å². The van der Waals surface area contributed by atoms with E-state index in [1.807, 2.05) is 25.1 Å². The van der Waals surface area contributed by atoms with E-state index in [4.69, 9.17) is 5.11 Å². The second-order valence-electron chi connectivity index (χ2n) is 3.73. The van der Waals surface area contributed by atoms with Gasteiger partial charge in [-0.3, -0.25) is 0 Å². The Morgan fingerprint density at radius 2 is 1.93 bits per heavy atom. The molecule has 0 aliphatic carbocycles. The number of hydrogen-bond donors (Lipinski definition) is 2. The maximum absolute atomic E-state index is 9.76. The topological polar surface area (TPSA) is 40.5 Å². The molecular formula is C12H18O2. The average molecular weight is 194 g/mol. The maximum Gasteiger partial charge on any atom is 0.0791 e. The molecule has 2 heteroatoms. The predicted molar refractivity (Wildman–Crippen MR) is 57.2 cm³/mol. The molecule has 0 aliphatic rings. The van der Waals surface area contributed by atoms with E-state index in [9.17, 15) is 5.11 Å². The summed E-state index contributed by atoms with van der Waals surface area (Å²) in [6, 6.07) is 5.98. The molecule has 14 heavy (non-hydrogen) atoms. The van der Waals surface area contributed by atoms with E-state index in [2.05, 4.69) is 6.92 Å². The van der Waals surface area contributed by atoms with Crippen LogP contribution in [0.3, 0.4) is 0 Å². The van der Waals surface area contributed by atoms with Crippen molar-refractivity contribution in [3.63, 3.8) is 0 Å². The lowest BCUT2D eigenvalue weighted by atomic mass is 10.0. The number of aliphatic hydroxyl groups excluding tert-OH is 2. The summed E-state index contributed by atoms with van der Waals surface area (Å²) < 4.78 is 0. The molecule has 0 spiro atoms. The van der Waals surface area contributed by atoms with Crippen LogP contribution in [0.1, 0.15) is 35.6 Å². The van der Waals surface area contributed by atoms with Crippen LogP contribution in [0.15, 0.2) is 18.2 Å². The number of rotatable bonds is 4. The van der Waals surface area contributed by atoms with Crippen molar-refractivity contribution in [3.8, 4) is 0 Å². The van der Waals surface area contributed by atoms with Gasteiger partial charge in [0.05, 0.1) is 6.10 Å². The van der Waals surface area contributed by atoms with Crippen LogP contribution in [0.25, 0.3) is 0 Å². The average Bonchev–Trinajstić information content (AvgIpc) is 2.18. The SMILES string of the molecule is Cc1ccc(C(O)CCCO)cc1C. The maximum atomic E-state index is 9.76. The molecule has 0 radical (unpaired) electrons. The monoisotopic (exact) mass is 194 g/mol. The fourth-order valence-corrected chi connectivity index (χ4v) is 1.42. The summed E-state index contributed by atoms with van der Waals surface area (Å²) >= 11 is 0. The fraction of sp³-hybridized carbons (Fsp3) is 0.500. The van der Waals surface area contributed by atoms with Crippen LogP contribution in [0, 0.1) is 13.8 Å². The normalized spacial score (nSPS) is 12.9. The van der Waals surface area contributed by atoms with Crippen molar-refractivity contribution in [1.82, 2.24) is 0 Å². The van der Waals surface area contributed by atoms with E-state index < -0.39 is 6.10 Å². The fourth-order valence-electron chi connectivity index (χ4n) is 1.42. The molecule has 0 saturated carbocycles. The van der Waals surface area contributed by atoms with Gasteiger partial charge in [-0.25, -0.2) is 0 Å². The summed E-state index contributed by atoms with van der Waals surface area (Å²) in [6.45, 7) is 4.23. The Morgan fingerprint density at radius 1 is 1.21 bits per heavy atom. The Balaban J connectivity index is 2.70. The molecule has 0 heterocycles. The molecule has 78 valence electrons. The number of benzene rings is 1. The van der Waals surface area contributed by atoms with Crippen molar-refractivity contribution in [2.75, 3.05) is 6.61 Å². The number of hydrogen-bond acceptors (Lipinski definition) is 2. The second kappa shape index (κ2) is 5.13. The Kier molecular flexibility index (Phi) is 4.11. The third-order valence-electron chi connectivity index (χ3n) is 2.55. The van der Waals surface area contributed by atoms with E-state index >= 15 is 0 Å². The molecule has 1 aromatic carbocycles. The molecule has 0 aromatic heterocycles. The molecule has 0 aliphatic heterocycles. The van der Waals surface area contributed by atoms with E-state index in [1.165, 1.54) is 11.1 Å². The van der Waals surface area contributed by atoms with Crippen molar-refractivity contribution in [2.45, 2.75) is 32.8 Å². The highest BCUT2D eigenvalue weighted by molar-refractivity contribution is 5.30. The lowest BCUT2D eigenvalue weighted by Crippen LogP contribution is -1.99. The first-order chi connectivity index (χ1) is 6.65. The zero-order valence-electron chi connectivity index (χ0n) is 8.83. The minimum atomic E-state index is -0.443. The number of aliphatic hydroxyl groups is 2. The van der Waals surface area contributed by atoms with Gasteiger partial charge in [-0.15, -0.1) is 0 Å². The van der Waals surface area contributed by atoms with Crippen LogP contribution in [-0.4, -0.2) is 16.8 Å². The van der Waals surface area contributed by atoms with Gasteiger partial charge in [0.25, 0.3) is 0 Å². The third-order valence-corrected chi connectivity index (χ3v) is 2.55. The molecule has 1 aromatic rings. The molecule has 0 fully saturated rings. The summed E-state index contributed by atoms with van der Waals surface area (Å²) in [6.07, 6.45) is 0.828. The van der Waals surface area contributed by atoms with Crippen molar-refractivity contribution in [3.05, 3.63) is 34.9 Å². The first-order valence-electron chi connectivity index (χ1n) is 5.01. The van der Waals surface area contributed by atoms with E-state index in [0.717, 1.165) is 5.56 Å². The molecule has 1 rings (SSSR count). The second-order valence-corrected chi connectivity index (χ2v) is 3.73. The largest absolute Gasteiger partial charge is 0.396 e. The molecule has 2 N–H and O–H groups in total. The van der Waals surface area contributed by atoms with Crippen LogP contribution in [0.2, 0.25) is 0 Å². The highest BCUT2D eigenvalue weighted by Crippen LogP contribution is 2.20.